The molecule has 0 unspecified atom stereocenters. The van der Waals surface area contributed by atoms with E-state index in [1.54, 1.807) is 42.5 Å². The van der Waals surface area contributed by atoms with Crippen molar-refractivity contribution in [3.8, 4) is 11.5 Å². The summed E-state index contributed by atoms with van der Waals surface area (Å²) in [6, 6.07) is 19.3. The average molecular weight is 559 g/mol. The van der Waals surface area contributed by atoms with Gasteiger partial charge < -0.3 is 14.8 Å². The van der Waals surface area contributed by atoms with Crippen LogP contribution >= 0.6 is 47.2 Å². The normalized spacial score (nSPS) is 14.3. The topological polar surface area (TPSA) is 67.9 Å². The van der Waals surface area contributed by atoms with E-state index in [1.165, 1.54) is 16.7 Å². The zero-order chi connectivity index (χ0) is 25.7. The highest BCUT2D eigenvalue weighted by Gasteiger charge is 2.33. The second kappa shape index (κ2) is 11.8. The number of nitrogens with one attached hydrogen (secondary N) is 1. The lowest BCUT2D eigenvalue weighted by molar-refractivity contribution is -0.118. The lowest BCUT2D eigenvalue weighted by Gasteiger charge is -2.14. The third kappa shape index (κ3) is 6.20. The number of hydrogen-bond donors (Lipinski definition) is 1. The summed E-state index contributed by atoms with van der Waals surface area (Å²) in [5, 5.41) is 3.44. The monoisotopic (exact) mass is 558 g/mol. The molecule has 1 fully saturated rings. The highest BCUT2D eigenvalue weighted by atomic mass is 35.5. The molecule has 36 heavy (non-hydrogen) atoms. The smallest absolute Gasteiger partial charge is 0.270 e. The van der Waals surface area contributed by atoms with Gasteiger partial charge in [0.25, 0.3) is 11.8 Å². The molecule has 0 radical (unpaired) electrons. The fourth-order valence-corrected chi connectivity index (χ4v) is 4.93. The summed E-state index contributed by atoms with van der Waals surface area (Å²) in [5.74, 6) is 0.292. The van der Waals surface area contributed by atoms with Crippen LogP contribution in [-0.2, 0) is 9.59 Å². The predicted octanol–water partition coefficient (Wildman–Crippen LogP) is 6.82. The van der Waals surface area contributed by atoms with Crippen molar-refractivity contribution in [1.82, 2.24) is 0 Å². The van der Waals surface area contributed by atoms with Crippen molar-refractivity contribution in [2.45, 2.75) is 6.92 Å². The number of thioether (sulfide) groups is 1. The lowest BCUT2D eigenvalue weighted by Crippen LogP contribution is -2.27. The maximum atomic E-state index is 13.0. The molecule has 6 nitrogen and oxygen atoms in total. The van der Waals surface area contributed by atoms with E-state index >= 15 is 0 Å². The van der Waals surface area contributed by atoms with Crippen LogP contribution in [0.25, 0.3) is 6.08 Å². The van der Waals surface area contributed by atoms with Crippen molar-refractivity contribution in [2.75, 3.05) is 23.4 Å². The Hall–Kier alpha value is -3.04. The Balaban J connectivity index is 1.46. The van der Waals surface area contributed by atoms with E-state index in [0.29, 0.717) is 43.1 Å². The molecule has 3 aromatic carbocycles. The van der Waals surface area contributed by atoms with Gasteiger partial charge in [-0.1, -0.05) is 71.4 Å². The highest BCUT2D eigenvalue weighted by molar-refractivity contribution is 8.27. The summed E-state index contributed by atoms with van der Waals surface area (Å²) in [7, 11) is 0. The Labute approximate surface area is 228 Å². The van der Waals surface area contributed by atoms with Gasteiger partial charge in [-0.25, -0.2) is 0 Å². The molecule has 1 N–H and O–H groups in total. The molecule has 1 aliphatic rings. The summed E-state index contributed by atoms with van der Waals surface area (Å²) in [6.07, 6.45) is 1.76. The van der Waals surface area contributed by atoms with Crippen molar-refractivity contribution < 1.29 is 19.1 Å². The molecule has 0 aromatic heterocycles. The quantitative estimate of drug-likeness (QED) is 0.242. The molecule has 0 saturated carbocycles. The van der Waals surface area contributed by atoms with Crippen molar-refractivity contribution >= 4 is 80.8 Å². The zero-order valence-electron chi connectivity index (χ0n) is 19.0. The molecule has 0 atom stereocenters. The van der Waals surface area contributed by atoms with Crippen molar-refractivity contribution in [3.63, 3.8) is 0 Å². The van der Waals surface area contributed by atoms with Crippen LogP contribution in [0.4, 0.5) is 11.4 Å². The molecule has 1 saturated heterocycles. The first-order valence-electron chi connectivity index (χ1n) is 10.8. The number of halogens is 2. The number of carbonyl (C=O) groups is 2. The molecule has 0 bridgehead atoms. The number of anilines is 2. The van der Waals surface area contributed by atoms with E-state index in [-0.39, 0.29) is 18.4 Å². The van der Waals surface area contributed by atoms with E-state index in [4.69, 9.17) is 44.9 Å². The van der Waals surface area contributed by atoms with Crippen LogP contribution in [-0.4, -0.2) is 29.3 Å². The third-order valence-corrected chi connectivity index (χ3v) is 6.98. The molecule has 184 valence electrons. The zero-order valence-corrected chi connectivity index (χ0v) is 22.1. The van der Waals surface area contributed by atoms with Gasteiger partial charge in [0.15, 0.2) is 22.4 Å². The molecule has 1 aliphatic heterocycles. The second-order valence-corrected chi connectivity index (χ2v) is 9.95. The highest BCUT2D eigenvalue weighted by Crippen LogP contribution is 2.37. The molecular formula is C26H20Cl2N2O4S2. The van der Waals surface area contributed by atoms with Crippen LogP contribution in [0.5, 0.6) is 11.5 Å². The standard InChI is InChI=1S/C26H20Cl2N2O4S2/c1-2-33-22-12-16(13-23-25(32)30(26(35)36-23)18-6-4-3-5-7-18)8-11-21(22)34-15-24(31)29-17-9-10-19(27)20(28)14-17/h3-14H,2,15H2,1H3,(H,29,31)/b23-13-. The van der Waals surface area contributed by atoms with Gasteiger partial charge in [-0.3, -0.25) is 14.5 Å². The summed E-state index contributed by atoms with van der Waals surface area (Å²) in [6.45, 7) is 2.00. The molecule has 10 heteroatoms. The lowest BCUT2D eigenvalue weighted by atomic mass is 10.1. The van der Waals surface area contributed by atoms with Crippen LogP contribution in [0.2, 0.25) is 10.0 Å². The van der Waals surface area contributed by atoms with Crippen molar-refractivity contribution in [1.29, 1.82) is 0 Å². The summed E-state index contributed by atoms with van der Waals surface area (Å²) < 4.78 is 11.9. The number of rotatable bonds is 8. The average Bonchev–Trinajstić information content (AvgIpc) is 3.14. The minimum absolute atomic E-state index is 0.187. The number of nitrogens with zero attached hydrogens (tertiary/aromatic N) is 1. The Morgan fingerprint density at radius 2 is 1.81 bits per heavy atom. The van der Waals surface area contributed by atoms with Crippen LogP contribution in [0.1, 0.15) is 12.5 Å². The largest absolute Gasteiger partial charge is 0.490 e. The van der Waals surface area contributed by atoms with E-state index in [2.05, 4.69) is 5.32 Å². The van der Waals surface area contributed by atoms with Gasteiger partial charge in [-0.2, -0.15) is 0 Å². The van der Waals surface area contributed by atoms with Crippen LogP contribution < -0.4 is 19.7 Å². The predicted molar refractivity (Wildman–Crippen MR) is 150 cm³/mol. The molecule has 0 aliphatic carbocycles. The molecular weight excluding hydrogens is 539 g/mol. The first kappa shape index (κ1) is 26.0. The third-order valence-electron chi connectivity index (χ3n) is 4.94. The second-order valence-electron chi connectivity index (χ2n) is 7.46. The minimum Gasteiger partial charge on any atom is -0.490 e. The fraction of sp³-hybridized carbons (Fsp3) is 0.115. The summed E-state index contributed by atoms with van der Waals surface area (Å²) in [5.41, 5.74) is 1.96. The van der Waals surface area contributed by atoms with Gasteiger partial charge in [-0.05, 0) is 61.0 Å². The number of para-hydroxylation sites is 1. The number of thiocarbonyl (C=S) groups is 1. The first-order valence-corrected chi connectivity index (χ1v) is 12.8. The van der Waals surface area contributed by atoms with E-state index < -0.39 is 0 Å². The maximum Gasteiger partial charge on any atom is 0.270 e. The number of benzene rings is 3. The van der Waals surface area contributed by atoms with Gasteiger partial charge >= 0.3 is 0 Å². The van der Waals surface area contributed by atoms with E-state index in [9.17, 15) is 9.59 Å². The fourth-order valence-electron chi connectivity index (χ4n) is 3.34. The minimum atomic E-state index is -0.371. The molecule has 4 rings (SSSR count). The number of carbonyl (C=O) groups excluding carboxylic acids is 2. The Morgan fingerprint density at radius 3 is 2.53 bits per heavy atom. The van der Waals surface area contributed by atoms with Crippen molar-refractivity contribution in [3.05, 3.63) is 87.2 Å². The van der Waals surface area contributed by atoms with Crippen molar-refractivity contribution in [2.24, 2.45) is 0 Å². The number of amides is 2. The maximum absolute atomic E-state index is 13.0. The van der Waals surface area contributed by atoms with Crippen LogP contribution in [0.15, 0.2) is 71.6 Å². The van der Waals surface area contributed by atoms with Gasteiger partial charge in [0, 0.05) is 5.69 Å². The van der Waals surface area contributed by atoms with Gasteiger partial charge in [0.2, 0.25) is 0 Å². The molecule has 1 heterocycles. The summed E-state index contributed by atoms with van der Waals surface area (Å²) >= 11 is 18.6. The van der Waals surface area contributed by atoms with E-state index in [1.807, 2.05) is 37.3 Å². The van der Waals surface area contributed by atoms with Crippen LogP contribution in [0, 0.1) is 0 Å². The summed E-state index contributed by atoms with van der Waals surface area (Å²) in [4.78, 5) is 27.4. The Morgan fingerprint density at radius 1 is 1.03 bits per heavy atom. The number of ether oxygens (including phenoxy) is 2. The Bertz CT molecular complexity index is 1350. The number of hydrogen-bond acceptors (Lipinski definition) is 6. The molecule has 2 amide bonds. The molecule has 0 spiro atoms. The van der Waals surface area contributed by atoms with Crippen LogP contribution in [0.3, 0.4) is 0 Å². The van der Waals surface area contributed by atoms with Gasteiger partial charge in [-0.15, -0.1) is 0 Å². The Kier molecular flexibility index (Phi) is 8.53. The van der Waals surface area contributed by atoms with Gasteiger partial charge in [0.05, 0.1) is 27.2 Å². The SMILES string of the molecule is CCOc1cc(/C=C2\SC(=S)N(c3ccccc3)C2=O)ccc1OCC(=O)Nc1ccc(Cl)c(Cl)c1. The first-order chi connectivity index (χ1) is 17.4. The van der Waals surface area contributed by atoms with Gasteiger partial charge in [0.1, 0.15) is 0 Å². The van der Waals surface area contributed by atoms with E-state index in [0.717, 1.165) is 11.3 Å². The molecule has 3 aromatic rings.